The number of benzene rings is 1. The van der Waals surface area contributed by atoms with Gasteiger partial charge < -0.3 is 5.32 Å². The van der Waals surface area contributed by atoms with Crippen molar-refractivity contribution < 1.29 is 8.42 Å². The molecular formula is C15H15N3O2S2. The predicted octanol–water partition coefficient (Wildman–Crippen LogP) is 3.02. The van der Waals surface area contributed by atoms with Crippen LogP contribution in [0.5, 0.6) is 0 Å². The zero-order chi connectivity index (χ0) is 15.7. The first-order valence-electron chi connectivity index (χ1n) is 6.67. The number of hydrogen-bond donors (Lipinski definition) is 1. The molecule has 7 heteroatoms. The molecule has 0 aliphatic rings. The maximum absolute atomic E-state index is 11.7. The van der Waals surface area contributed by atoms with E-state index in [9.17, 15) is 8.42 Å². The molecule has 1 N–H and O–H groups in total. The summed E-state index contributed by atoms with van der Waals surface area (Å²) in [5, 5.41) is 6.03. The number of rotatable bonds is 4. The molecule has 0 unspecified atom stereocenters. The van der Waals surface area contributed by atoms with Crippen LogP contribution in [0.3, 0.4) is 0 Å². The lowest BCUT2D eigenvalue weighted by Crippen LogP contribution is -2.03. The van der Waals surface area contributed by atoms with Gasteiger partial charge in [-0.25, -0.2) is 18.4 Å². The van der Waals surface area contributed by atoms with Gasteiger partial charge in [0.05, 0.1) is 17.0 Å². The number of fused-ring (bicyclic) bond motifs is 1. The molecular weight excluding hydrogens is 318 g/mol. The molecule has 0 bridgehead atoms. The number of aryl methyl sites for hydroxylation is 1. The number of anilines is 1. The fourth-order valence-electron chi connectivity index (χ4n) is 2.16. The highest BCUT2D eigenvalue weighted by molar-refractivity contribution is 7.90. The molecule has 3 aromatic rings. The normalized spacial score (nSPS) is 11.7. The highest BCUT2D eigenvalue weighted by atomic mass is 32.2. The first kappa shape index (κ1) is 14.9. The molecule has 0 saturated carbocycles. The summed E-state index contributed by atoms with van der Waals surface area (Å²) < 4.78 is 23.4. The Morgan fingerprint density at radius 2 is 2.05 bits per heavy atom. The van der Waals surface area contributed by atoms with Crippen molar-refractivity contribution in [1.29, 1.82) is 0 Å². The third kappa shape index (κ3) is 2.95. The van der Waals surface area contributed by atoms with E-state index in [1.165, 1.54) is 23.0 Å². The van der Waals surface area contributed by atoms with E-state index >= 15 is 0 Å². The predicted molar refractivity (Wildman–Crippen MR) is 89.0 cm³/mol. The van der Waals surface area contributed by atoms with E-state index in [2.05, 4.69) is 28.3 Å². The Bertz CT molecular complexity index is 933. The molecule has 0 amide bonds. The van der Waals surface area contributed by atoms with Gasteiger partial charge in [0.2, 0.25) is 0 Å². The topological polar surface area (TPSA) is 72.0 Å². The molecule has 0 aliphatic carbocycles. The minimum absolute atomic E-state index is 0.269. The van der Waals surface area contributed by atoms with Crippen molar-refractivity contribution >= 4 is 37.9 Å². The van der Waals surface area contributed by atoms with Crippen molar-refractivity contribution in [2.75, 3.05) is 11.6 Å². The monoisotopic (exact) mass is 333 g/mol. The summed E-state index contributed by atoms with van der Waals surface area (Å²) in [6.45, 7) is 2.71. The SMILES string of the molecule is Cc1ccsc1CNc1ncnc2ccc(S(C)(=O)=O)cc12. The van der Waals surface area contributed by atoms with E-state index in [1.807, 2.05) is 5.38 Å². The van der Waals surface area contributed by atoms with Crippen LogP contribution in [0.1, 0.15) is 10.4 Å². The van der Waals surface area contributed by atoms with Crippen molar-refractivity contribution in [3.05, 3.63) is 46.4 Å². The molecule has 0 radical (unpaired) electrons. The van der Waals surface area contributed by atoms with E-state index in [-0.39, 0.29) is 4.90 Å². The van der Waals surface area contributed by atoms with Gasteiger partial charge in [-0.1, -0.05) is 0 Å². The molecule has 0 saturated heterocycles. The van der Waals surface area contributed by atoms with Gasteiger partial charge in [-0.15, -0.1) is 11.3 Å². The van der Waals surface area contributed by atoms with Crippen LogP contribution in [0.25, 0.3) is 10.9 Å². The first-order chi connectivity index (χ1) is 10.4. The molecule has 22 heavy (non-hydrogen) atoms. The molecule has 0 fully saturated rings. The summed E-state index contributed by atoms with van der Waals surface area (Å²) in [4.78, 5) is 9.93. The van der Waals surface area contributed by atoms with Gasteiger partial charge in [0.25, 0.3) is 0 Å². The Kier molecular flexibility index (Phi) is 3.84. The highest BCUT2D eigenvalue weighted by Gasteiger charge is 2.11. The first-order valence-corrected chi connectivity index (χ1v) is 9.44. The van der Waals surface area contributed by atoms with E-state index in [0.717, 1.165) is 0 Å². The van der Waals surface area contributed by atoms with Crippen LogP contribution in [0, 0.1) is 6.92 Å². The second-order valence-corrected chi connectivity index (χ2v) is 8.07. The summed E-state index contributed by atoms with van der Waals surface area (Å²) in [7, 11) is -3.26. The van der Waals surface area contributed by atoms with Gasteiger partial charge >= 0.3 is 0 Å². The van der Waals surface area contributed by atoms with Gasteiger partial charge in [-0.2, -0.15) is 0 Å². The Labute approximate surface area is 133 Å². The molecule has 0 spiro atoms. The number of sulfone groups is 1. The smallest absolute Gasteiger partial charge is 0.175 e. The summed E-state index contributed by atoms with van der Waals surface area (Å²) in [5.41, 5.74) is 1.94. The van der Waals surface area contributed by atoms with Gasteiger partial charge in [0.15, 0.2) is 9.84 Å². The summed E-state index contributed by atoms with van der Waals surface area (Å²) >= 11 is 1.68. The van der Waals surface area contributed by atoms with Crippen molar-refractivity contribution in [3.8, 4) is 0 Å². The Balaban J connectivity index is 2.00. The average molecular weight is 333 g/mol. The highest BCUT2D eigenvalue weighted by Crippen LogP contribution is 2.24. The van der Waals surface area contributed by atoms with Crippen molar-refractivity contribution in [1.82, 2.24) is 9.97 Å². The minimum Gasteiger partial charge on any atom is -0.365 e. The van der Waals surface area contributed by atoms with E-state index in [4.69, 9.17) is 0 Å². The lowest BCUT2D eigenvalue weighted by atomic mass is 10.2. The molecule has 0 aliphatic heterocycles. The van der Waals surface area contributed by atoms with Gasteiger partial charge in [-0.05, 0) is 42.1 Å². The number of nitrogens with zero attached hydrogens (tertiary/aromatic N) is 2. The molecule has 2 aromatic heterocycles. The van der Waals surface area contributed by atoms with Crippen LogP contribution >= 0.6 is 11.3 Å². The van der Waals surface area contributed by atoms with Crippen LogP contribution in [0.15, 0.2) is 40.9 Å². The standard InChI is InChI=1S/C15H15N3O2S2/c1-10-5-6-21-14(10)8-16-15-12-7-11(22(2,19)20)3-4-13(12)17-9-18-15/h3-7,9H,8H2,1-2H3,(H,16,17,18). The second-order valence-electron chi connectivity index (χ2n) is 5.05. The van der Waals surface area contributed by atoms with Crippen LogP contribution < -0.4 is 5.32 Å². The summed E-state index contributed by atoms with van der Waals surface area (Å²) in [6, 6.07) is 6.96. The van der Waals surface area contributed by atoms with E-state index < -0.39 is 9.84 Å². The van der Waals surface area contributed by atoms with Gasteiger partial charge in [-0.3, -0.25) is 0 Å². The molecule has 5 nitrogen and oxygen atoms in total. The quantitative estimate of drug-likeness (QED) is 0.794. The Morgan fingerprint density at radius 3 is 2.73 bits per heavy atom. The van der Waals surface area contributed by atoms with Crippen LogP contribution in [0.2, 0.25) is 0 Å². The lowest BCUT2D eigenvalue weighted by molar-refractivity contribution is 0.602. The van der Waals surface area contributed by atoms with Gasteiger partial charge in [0, 0.05) is 16.5 Å². The van der Waals surface area contributed by atoms with Gasteiger partial charge in [0.1, 0.15) is 12.1 Å². The molecule has 0 atom stereocenters. The zero-order valence-electron chi connectivity index (χ0n) is 12.2. The minimum atomic E-state index is -3.26. The average Bonchev–Trinajstić information content (AvgIpc) is 2.89. The number of thiophene rings is 1. The summed E-state index contributed by atoms with van der Waals surface area (Å²) in [6.07, 6.45) is 2.67. The van der Waals surface area contributed by atoms with Crippen LogP contribution in [0.4, 0.5) is 5.82 Å². The number of hydrogen-bond acceptors (Lipinski definition) is 6. The van der Waals surface area contributed by atoms with E-state index in [1.54, 1.807) is 29.5 Å². The molecule has 1 aromatic carbocycles. The van der Waals surface area contributed by atoms with Crippen molar-refractivity contribution in [2.45, 2.75) is 18.4 Å². The third-order valence-corrected chi connectivity index (χ3v) is 5.55. The van der Waals surface area contributed by atoms with E-state index in [0.29, 0.717) is 23.3 Å². The Hall–Kier alpha value is -1.99. The van der Waals surface area contributed by atoms with Crippen molar-refractivity contribution in [3.63, 3.8) is 0 Å². The summed E-state index contributed by atoms with van der Waals surface area (Å²) in [5.74, 6) is 0.642. The zero-order valence-corrected chi connectivity index (χ0v) is 13.8. The van der Waals surface area contributed by atoms with Crippen LogP contribution in [-0.2, 0) is 16.4 Å². The molecule has 3 rings (SSSR count). The van der Waals surface area contributed by atoms with Crippen molar-refractivity contribution in [2.24, 2.45) is 0 Å². The number of aromatic nitrogens is 2. The maximum Gasteiger partial charge on any atom is 0.175 e. The van der Waals surface area contributed by atoms with Crippen LogP contribution in [-0.4, -0.2) is 24.6 Å². The third-order valence-electron chi connectivity index (χ3n) is 3.42. The Morgan fingerprint density at radius 1 is 1.23 bits per heavy atom. The molecule has 2 heterocycles. The fourth-order valence-corrected chi connectivity index (χ4v) is 3.65. The largest absolute Gasteiger partial charge is 0.365 e. The number of nitrogens with one attached hydrogen (secondary N) is 1. The fraction of sp³-hybridized carbons (Fsp3) is 0.200. The molecule has 114 valence electrons. The lowest BCUT2D eigenvalue weighted by Gasteiger charge is -2.09. The second kappa shape index (κ2) is 5.66. The maximum atomic E-state index is 11.7.